The monoisotopic (exact) mass is 528 g/mol. The van der Waals surface area contributed by atoms with Crippen molar-refractivity contribution < 1.29 is 23.7 Å². The summed E-state index contributed by atoms with van der Waals surface area (Å²) in [6.07, 6.45) is 17.4. The van der Waals surface area contributed by atoms with Gasteiger partial charge in [-0.15, -0.1) is 0 Å². The molecule has 0 aliphatic heterocycles. The highest BCUT2D eigenvalue weighted by Gasteiger charge is 2.27. The first-order chi connectivity index (χ1) is 17.4. The van der Waals surface area contributed by atoms with Crippen LogP contribution in [-0.2, 0) is 23.7 Å². The molecule has 2 unspecified atom stereocenters. The summed E-state index contributed by atoms with van der Waals surface area (Å²) in [6, 6.07) is 0. The summed E-state index contributed by atoms with van der Waals surface area (Å²) in [7, 11) is 1.83. The van der Waals surface area contributed by atoms with E-state index >= 15 is 0 Å². The Balaban J connectivity index is 4.15. The predicted molar refractivity (Wildman–Crippen MR) is 156 cm³/mol. The predicted octanol–water partition coefficient (Wildman–Crippen LogP) is 8.85. The molecule has 0 rings (SSSR count). The van der Waals surface area contributed by atoms with E-state index in [-0.39, 0.29) is 29.7 Å². The van der Waals surface area contributed by atoms with E-state index in [0.29, 0.717) is 19.6 Å². The maximum Gasteiger partial charge on any atom is 0.164 e. The van der Waals surface area contributed by atoms with Crippen LogP contribution in [0.5, 0.6) is 0 Å². The lowest BCUT2D eigenvalue weighted by Crippen LogP contribution is -2.35. The number of hydrogen-bond acceptors (Lipinski definition) is 5. The van der Waals surface area contributed by atoms with Crippen LogP contribution in [0.25, 0.3) is 0 Å². The zero-order valence-corrected chi connectivity index (χ0v) is 26.3. The Morgan fingerprint density at radius 3 is 1.73 bits per heavy atom. The van der Waals surface area contributed by atoms with Gasteiger partial charge in [0, 0.05) is 20.1 Å². The molecule has 0 fully saturated rings. The number of Topliss-reactive ketones (excluding diaryl/α,β-unsaturated/α-hetero) is 1. The molecule has 0 amide bonds. The molecule has 0 aliphatic rings. The van der Waals surface area contributed by atoms with Gasteiger partial charge in [0.2, 0.25) is 0 Å². The average Bonchev–Trinajstić information content (AvgIpc) is 2.81. The Bertz CT molecular complexity index is 538. The Morgan fingerprint density at radius 2 is 1.19 bits per heavy atom. The van der Waals surface area contributed by atoms with E-state index in [9.17, 15) is 4.79 Å². The van der Waals surface area contributed by atoms with Crippen molar-refractivity contribution in [3.05, 3.63) is 0 Å². The minimum absolute atomic E-state index is 0.132. The summed E-state index contributed by atoms with van der Waals surface area (Å²) in [5.74, 6) is 0.201. The fourth-order valence-corrected chi connectivity index (χ4v) is 4.58. The standard InChI is InChI=1S/C32H64O5/c1-10-11-12-13-15-18-22-28(34-9)29(37-27(2)3)23-19-16-14-17-20-24-30(33)32(7,8)36-26-21-25-35-31(4,5)6/h27-29H,10-26H2,1-9H3. The van der Waals surface area contributed by atoms with Gasteiger partial charge >= 0.3 is 0 Å². The SMILES string of the molecule is CCCCCCCCC(OC)C(CCCCCCCC(=O)C(C)(C)OCCCOC(C)(C)C)OC(C)C. The third kappa shape index (κ3) is 21.1. The van der Waals surface area contributed by atoms with Crippen LogP contribution in [0.4, 0.5) is 0 Å². The fraction of sp³-hybridized carbons (Fsp3) is 0.969. The molecule has 5 heteroatoms. The highest BCUT2D eigenvalue weighted by atomic mass is 16.5. The van der Waals surface area contributed by atoms with Crippen molar-refractivity contribution in [1.29, 1.82) is 0 Å². The maximum atomic E-state index is 12.6. The Morgan fingerprint density at radius 1 is 0.676 bits per heavy atom. The van der Waals surface area contributed by atoms with Gasteiger partial charge in [-0.1, -0.05) is 71.1 Å². The normalized spacial score (nSPS) is 14.3. The average molecular weight is 529 g/mol. The number of unbranched alkanes of at least 4 members (excludes halogenated alkanes) is 9. The summed E-state index contributed by atoms with van der Waals surface area (Å²) in [5.41, 5.74) is -0.846. The van der Waals surface area contributed by atoms with Crippen LogP contribution in [0, 0.1) is 0 Å². The molecule has 0 aromatic rings. The molecule has 0 saturated heterocycles. The van der Waals surface area contributed by atoms with E-state index in [4.69, 9.17) is 18.9 Å². The third-order valence-corrected chi connectivity index (χ3v) is 6.86. The number of methoxy groups -OCH3 is 1. The van der Waals surface area contributed by atoms with Crippen LogP contribution < -0.4 is 0 Å². The summed E-state index contributed by atoms with van der Waals surface area (Å²) in [6.45, 7) is 17.6. The first-order valence-corrected chi connectivity index (χ1v) is 15.4. The second-order valence-corrected chi connectivity index (χ2v) is 12.5. The molecular formula is C32H64O5. The lowest BCUT2D eigenvalue weighted by atomic mass is 9.96. The van der Waals surface area contributed by atoms with E-state index in [2.05, 4.69) is 20.8 Å². The Labute approximate surface area is 231 Å². The van der Waals surface area contributed by atoms with Crippen LogP contribution in [0.2, 0.25) is 0 Å². The molecule has 0 bridgehead atoms. The van der Waals surface area contributed by atoms with Crippen LogP contribution >= 0.6 is 0 Å². The molecule has 0 saturated carbocycles. The maximum absolute atomic E-state index is 12.6. The van der Waals surface area contributed by atoms with Crippen LogP contribution in [0.3, 0.4) is 0 Å². The number of rotatable bonds is 25. The highest BCUT2D eigenvalue weighted by molar-refractivity contribution is 5.86. The second-order valence-electron chi connectivity index (χ2n) is 12.5. The van der Waals surface area contributed by atoms with Crippen molar-refractivity contribution >= 4 is 5.78 Å². The van der Waals surface area contributed by atoms with Gasteiger partial charge < -0.3 is 18.9 Å². The van der Waals surface area contributed by atoms with Gasteiger partial charge in [0.15, 0.2) is 5.78 Å². The fourth-order valence-electron chi connectivity index (χ4n) is 4.58. The molecular weight excluding hydrogens is 464 g/mol. The van der Waals surface area contributed by atoms with Crippen LogP contribution in [0.1, 0.15) is 152 Å². The van der Waals surface area contributed by atoms with E-state index < -0.39 is 5.60 Å². The van der Waals surface area contributed by atoms with Crippen molar-refractivity contribution in [3.8, 4) is 0 Å². The summed E-state index contributed by atoms with van der Waals surface area (Å²) in [5, 5.41) is 0. The quantitative estimate of drug-likeness (QED) is 0.111. The van der Waals surface area contributed by atoms with Gasteiger partial charge in [0.05, 0.1) is 30.5 Å². The minimum Gasteiger partial charge on any atom is -0.379 e. The number of carbonyl (C=O) groups excluding carboxylic acids is 1. The molecule has 0 aliphatic carbocycles. The molecule has 37 heavy (non-hydrogen) atoms. The van der Waals surface area contributed by atoms with Crippen LogP contribution in [-0.4, -0.2) is 55.6 Å². The molecule has 0 radical (unpaired) electrons. The largest absolute Gasteiger partial charge is 0.379 e. The summed E-state index contributed by atoms with van der Waals surface area (Å²) >= 11 is 0. The molecule has 2 atom stereocenters. The zero-order valence-electron chi connectivity index (χ0n) is 26.3. The molecule has 0 aromatic heterocycles. The molecule has 0 spiro atoms. The highest BCUT2D eigenvalue weighted by Crippen LogP contribution is 2.21. The van der Waals surface area contributed by atoms with Gasteiger partial charge in [-0.2, -0.15) is 0 Å². The van der Waals surface area contributed by atoms with E-state index in [1.165, 1.54) is 44.9 Å². The molecule has 0 aromatic carbocycles. The van der Waals surface area contributed by atoms with Gasteiger partial charge in [0.1, 0.15) is 5.60 Å². The van der Waals surface area contributed by atoms with E-state index in [0.717, 1.165) is 44.9 Å². The van der Waals surface area contributed by atoms with Gasteiger partial charge in [-0.25, -0.2) is 0 Å². The van der Waals surface area contributed by atoms with Gasteiger partial charge in [0.25, 0.3) is 0 Å². The summed E-state index contributed by atoms with van der Waals surface area (Å²) < 4.78 is 23.8. The topological polar surface area (TPSA) is 54.0 Å². The van der Waals surface area contributed by atoms with Crippen molar-refractivity contribution in [2.45, 2.75) is 181 Å². The Hall–Kier alpha value is -0.490. The van der Waals surface area contributed by atoms with Crippen molar-refractivity contribution in [1.82, 2.24) is 0 Å². The molecule has 222 valence electrons. The van der Waals surface area contributed by atoms with E-state index in [1.807, 2.05) is 41.7 Å². The lowest BCUT2D eigenvalue weighted by molar-refractivity contribution is -0.141. The lowest BCUT2D eigenvalue weighted by Gasteiger charge is -2.28. The van der Waals surface area contributed by atoms with Gasteiger partial charge in [-0.3, -0.25) is 4.79 Å². The number of ether oxygens (including phenoxy) is 4. The zero-order chi connectivity index (χ0) is 28.2. The number of ketones is 1. The first kappa shape index (κ1) is 36.5. The molecule has 0 N–H and O–H groups in total. The van der Waals surface area contributed by atoms with Crippen molar-refractivity contribution in [2.24, 2.45) is 0 Å². The van der Waals surface area contributed by atoms with Crippen molar-refractivity contribution in [3.63, 3.8) is 0 Å². The number of hydrogen-bond donors (Lipinski definition) is 0. The van der Waals surface area contributed by atoms with Crippen LogP contribution in [0.15, 0.2) is 0 Å². The smallest absolute Gasteiger partial charge is 0.164 e. The molecule has 5 nitrogen and oxygen atoms in total. The number of carbonyl (C=O) groups is 1. The van der Waals surface area contributed by atoms with Crippen molar-refractivity contribution in [2.75, 3.05) is 20.3 Å². The second kappa shape index (κ2) is 21.3. The Kier molecular flexibility index (Phi) is 21.1. The third-order valence-electron chi connectivity index (χ3n) is 6.86. The van der Waals surface area contributed by atoms with Gasteiger partial charge in [-0.05, 0) is 74.1 Å². The summed E-state index contributed by atoms with van der Waals surface area (Å²) in [4.78, 5) is 12.6. The molecule has 0 heterocycles. The minimum atomic E-state index is -0.714. The van der Waals surface area contributed by atoms with E-state index in [1.54, 1.807) is 0 Å². The first-order valence-electron chi connectivity index (χ1n) is 15.4.